The third kappa shape index (κ3) is 4.84. The van der Waals surface area contributed by atoms with Gasteiger partial charge in [0.1, 0.15) is 0 Å². The zero-order chi connectivity index (χ0) is 19.2. The molecule has 27 heavy (non-hydrogen) atoms. The number of nitrogens with one attached hydrogen (secondary N) is 2. The van der Waals surface area contributed by atoms with Gasteiger partial charge in [-0.15, -0.1) is 0 Å². The zero-order valence-corrected chi connectivity index (χ0v) is 14.9. The number of carbonyl (C=O) groups excluding carboxylic acids is 2. The van der Waals surface area contributed by atoms with E-state index >= 15 is 0 Å². The lowest BCUT2D eigenvalue weighted by molar-refractivity contribution is -0.00138. The molecule has 1 atom stereocenters. The molecule has 7 heteroatoms. The van der Waals surface area contributed by atoms with Crippen molar-refractivity contribution in [3.05, 3.63) is 59.7 Å². The van der Waals surface area contributed by atoms with Crippen LogP contribution in [0, 0.1) is 11.3 Å². The Bertz CT molecular complexity index is 891. The van der Waals surface area contributed by atoms with Gasteiger partial charge in [0, 0.05) is 30.0 Å². The Morgan fingerprint density at radius 3 is 2.63 bits per heavy atom. The van der Waals surface area contributed by atoms with Gasteiger partial charge >= 0.3 is 6.03 Å². The molecule has 1 aliphatic heterocycles. The van der Waals surface area contributed by atoms with Gasteiger partial charge in [0.25, 0.3) is 5.91 Å². The van der Waals surface area contributed by atoms with E-state index in [4.69, 9.17) is 10.00 Å². The maximum absolute atomic E-state index is 12.5. The van der Waals surface area contributed by atoms with Crippen LogP contribution in [0.3, 0.4) is 0 Å². The van der Waals surface area contributed by atoms with Crippen molar-refractivity contribution < 1.29 is 14.3 Å². The number of amides is 3. The summed E-state index contributed by atoms with van der Waals surface area (Å²) in [5, 5.41) is 14.5. The number of anilines is 2. The van der Waals surface area contributed by atoms with Crippen molar-refractivity contribution in [2.24, 2.45) is 0 Å². The first kappa shape index (κ1) is 18.4. The summed E-state index contributed by atoms with van der Waals surface area (Å²) in [6.45, 7) is 3.50. The Morgan fingerprint density at radius 2 is 1.89 bits per heavy atom. The largest absolute Gasteiger partial charge is 0.375 e. The Kier molecular flexibility index (Phi) is 5.69. The van der Waals surface area contributed by atoms with Gasteiger partial charge in [-0.3, -0.25) is 4.79 Å². The van der Waals surface area contributed by atoms with Crippen molar-refractivity contribution in [3.63, 3.8) is 0 Å². The van der Waals surface area contributed by atoms with Crippen LogP contribution in [0.1, 0.15) is 22.8 Å². The van der Waals surface area contributed by atoms with E-state index in [9.17, 15) is 9.59 Å². The molecule has 0 aromatic heterocycles. The minimum Gasteiger partial charge on any atom is -0.375 e. The second-order valence-electron chi connectivity index (χ2n) is 6.29. The molecule has 7 nitrogen and oxygen atoms in total. The zero-order valence-electron chi connectivity index (χ0n) is 14.9. The summed E-state index contributed by atoms with van der Waals surface area (Å²) < 4.78 is 5.44. The second kappa shape index (κ2) is 8.34. The number of nitrogens with zero attached hydrogens (tertiary/aromatic N) is 2. The Hall–Kier alpha value is -3.37. The molecule has 2 aromatic rings. The van der Waals surface area contributed by atoms with Crippen LogP contribution < -0.4 is 10.6 Å². The molecular formula is C20H20N4O3. The number of hydrogen-bond acceptors (Lipinski definition) is 4. The van der Waals surface area contributed by atoms with Gasteiger partial charge in [0.15, 0.2) is 0 Å². The van der Waals surface area contributed by atoms with Crippen LogP contribution >= 0.6 is 0 Å². The van der Waals surface area contributed by atoms with Crippen LogP contribution in [0.2, 0.25) is 0 Å². The molecule has 2 aromatic carbocycles. The molecule has 1 saturated heterocycles. The van der Waals surface area contributed by atoms with Crippen LogP contribution in [0.4, 0.5) is 16.2 Å². The minimum atomic E-state index is -0.318. The summed E-state index contributed by atoms with van der Waals surface area (Å²) in [6, 6.07) is 15.2. The fraction of sp³-hybridized carbons (Fsp3) is 0.250. The summed E-state index contributed by atoms with van der Waals surface area (Å²) >= 11 is 0. The quantitative estimate of drug-likeness (QED) is 0.875. The van der Waals surface area contributed by atoms with Crippen molar-refractivity contribution in [3.8, 4) is 6.07 Å². The van der Waals surface area contributed by atoms with Gasteiger partial charge < -0.3 is 20.3 Å². The van der Waals surface area contributed by atoms with Gasteiger partial charge in [-0.2, -0.15) is 5.26 Å². The predicted octanol–water partition coefficient (Wildman–Crippen LogP) is 3.06. The SMILES string of the molecule is CC1CN(C(=O)Nc2cccc(C(=O)Nc3cccc(C#N)c3)c2)CCO1. The average molecular weight is 364 g/mol. The van der Waals surface area contributed by atoms with E-state index in [-0.39, 0.29) is 18.0 Å². The molecule has 0 bridgehead atoms. The second-order valence-corrected chi connectivity index (χ2v) is 6.29. The number of benzene rings is 2. The molecule has 1 heterocycles. The summed E-state index contributed by atoms with van der Waals surface area (Å²) in [7, 11) is 0. The van der Waals surface area contributed by atoms with E-state index in [1.54, 1.807) is 53.4 Å². The third-order valence-electron chi connectivity index (χ3n) is 4.15. The molecule has 0 radical (unpaired) electrons. The number of rotatable bonds is 3. The molecule has 3 amide bonds. The standard InChI is InChI=1S/C20H20N4O3/c1-14-13-24(8-9-27-14)20(26)23-18-7-3-5-16(11-18)19(25)22-17-6-2-4-15(10-17)12-21/h2-7,10-11,14H,8-9,13H2,1H3,(H,22,25)(H,23,26). The lowest BCUT2D eigenvalue weighted by Crippen LogP contribution is -2.46. The smallest absolute Gasteiger partial charge is 0.322 e. The van der Waals surface area contributed by atoms with Crippen LogP contribution in [0.5, 0.6) is 0 Å². The molecule has 0 spiro atoms. The summed E-state index contributed by atoms with van der Waals surface area (Å²) in [5.74, 6) is -0.318. The lowest BCUT2D eigenvalue weighted by atomic mass is 10.1. The maximum Gasteiger partial charge on any atom is 0.322 e. The first-order valence-corrected chi connectivity index (χ1v) is 8.64. The van der Waals surface area contributed by atoms with Gasteiger partial charge in [-0.1, -0.05) is 12.1 Å². The molecule has 1 fully saturated rings. The van der Waals surface area contributed by atoms with Crippen molar-refractivity contribution in [2.45, 2.75) is 13.0 Å². The van der Waals surface area contributed by atoms with Gasteiger partial charge in [0.2, 0.25) is 0 Å². The number of hydrogen-bond donors (Lipinski definition) is 2. The van der Waals surface area contributed by atoms with Crippen molar-refractivity contribution >= 4 is 23.3 Å². The average Bonchev–Trinajstić information content (AvgIpc) is 2.68. The Labute approximate surface area is 157 Å². The molecule has 3 rings (SSSR count). The molecule has 1 aliphatic rings. The summed E-state index contributed by atoms with van der Waals surface area (Å²) in [4.78, 5) is 26.5. The van der Waals surface area contributed by atoms with Crippen molar-refractivity contribution in [1.29, 1.82) is 5.26 Å². The molecule has 138 valence electrons. The highest BCUT2D eigenvalue weighted by molar-refractivity contribution is 6.05. The van der Waals surface area contributed by atoms with Gasteiger partial charge in [-0.05, 0) is 43.3 Å². The number of carbonyl (C=O) groups is 2. The number of ether oxygens (including phenoxy) is 1. The maximum atomic E-state index is 12.5. The normalized spacial score (nSPS) is 16.3. The van der Waals surface area contributed by atoms with Gasteiger partial charge in [0.05, 0.1) is 24.3 Å². The third-order valence-corrected chi connectivity index (χ3v) is 4.15. The molecule has 0 saturated carbocycles. The van der Waals surface area contributed by atoms with E-state index in [0.29, 0.717) is 42.2 Å². The molecule has 1 unspecified atom stereocenters. The lowest BCUT2D eigenvalue weighted by Gasteiger charge is -2.31. The Balaban J connectivity index is 1.66. The molecule has 0 aliphatic carbocycles. The number of morpholine rings is 1. The topological polar surface area (TPSA) is 94.5 Å². The van der Waals surface area contributed by atoms with Crippen molar-refractivity contribution in [1.82, 2.24) is 4.90 Å². The predicted molar refractivity (Wildman–Crippen MR) is 102 cm³/mol. The fourth-order valence-electron chi connectivity index (χ4n) is 2.81. The van der Waals surface area contributed by atoms with E-state index in [2.05, 4.69) is 10.6 Å². The highest BCUT2D eigenvalue weighted by atomic mass is 16.5. The van der Waals surface area contributed by atoms with Crippen LogP contribution in [-0.2, 0) is 4.74 Å². The van der Waals surface area contributed by atoms with E-state index in [1.165, 1.54) is 0 Å². The first-order valence-electron chi connectivity index (χ1n) is 8.64. The molecule has 2 N–H and O–H groups in total. The highest BCUT2D eigenvalue weighted by Crippen LogP contribution is 2.16. The van der Waals surface area contributed by atoms with E-state index in [1.807, 2.05) is 13.0 Å². The summed E-state index contributed by atoms with van der Waals surface area (Å²) in [5.41, 5.74) is 1.95. The van der Waals surface area contributed by atoms with E-state index < -0.39 is 0 Å². The monoisotopic (exact) mass is 364 g/mol. The number of urea groups is 1. The number of nitriles is 1. The van der Waals surface area contributed by atoms with Crippen LogP contribution in [0.15, 0.2) is 48.5 Å². The minimum absolute atomic E-state index is 0.00536. The first-order chi connectivity index (χ1) is 13.0. The van der Waals surface area contributed by atoms with Crippen LogP contribution in [0.25, 0.3) is 0 Å². The van der Waals surface area contributed by atoms with Crippen LogP contribution in [-0.4, -0.2) is 42.6 Å². The van der Waals surface area contributed by atoms with Crippen molar-refractivity contribution in [2.75, 3.05) is 30.3 Å². The Morgan fingerprint density at radius 1 is 1.15 bits per heavy atom. The molecular weight excluding hydrogens is 344 g/mol. The van der Waals surface area contributed by atoms with Gasteiger partial charge in [-0.25, -0.2) is 4.79 Å². The summed E-state index contributed by atoms with van der Waals surface area (Å²) in [6.07, 6.45) is 0.00536. The van der Waals surface area contributed by atoms with E-state index in [0.717, 1.165) is 0 Å². The fourth-order valence-corrected chi connectivity index (χ4v) is 2.81. The highest BCUT2D eigenvalue weighted by Gasteiger charge is 2.21.